The monoisotopic (exact) mass is 397 g/mol. The molecule has 0 saturated carbocycles. The second-order valence-electron chi connectivity index (χ2n) is 6.26. The predicted molar refractivity (Wildman–Crippen MR) is 108 cm³/mol. The summed E-state index contributed by atoms with van der Waals surface area (Å²) in [6.45, 7) is 0.936. The van der Waals surface area contributed by atoms with Crippen molar-refractivity contribution in [2.45, 2.75) is 19.3 Å². The molecular formula is C21H17Cl2N3O. The minimum Gasteiger partial charge on any atom is -0.367 e. The number of rotatable bonds is 6. The maximum atomic E-state index is 6.29. The number of nitrogens with zero attached hydrogens (tertiary/aromatic N) is 3. The highest BCUT2D eigenvalue weighted by Gasteiger charge is 2.15. The van der Waals surface area contributed by atoms with Crippen molar-refractivity contribution in [2.75, 3.05) is 0 Å². The third kappa shape index (κ3) is 4.30. The molecule has 1 aromatic heterocycles. The van der Waals surface area contributed by atoms with Crippen molar-refractivity contribution in [3.63, 3.8) is 0 Å². The Balaban J connectivity index is 1.61. The van der Waals surface area contributed by atoms with Crippen LogP contribution in [-0.2, 0) is 17.9 Å². The standard InChI is InChI=1S/C21H17Cl2N3O/c22-19-8-7-18(20(23)10-19)12-27-21(11-26-14-24-13-25-26)17-6-5-15-3-1-2-4-16(15)9-17/h1-10,13-14,21H,11-12H2. The number of fused-ring (bicyclic) bond motifs is 1. The lowest BCUT2D eigenvalue weighted by molar-refractivity contribution is 0.0257. The number of ether oxygens (including phenoxy) is 1. The van der Waals surface area contributed by atoms with Gasteiger partial charge in [-0.2, -0.15) is 5.10 Å². The first-order valence-corrected chi connectivity index (χ1v) is 9.31. The van der Waals surface area contributed by atoms with Crippen LogP contribution in [0.3, 0.4) is 0 Å². The summed E-state index contributed by atoms with van der Waals surface area (Å²) in [7, 11) is 0. The summed E-state index contributed by atoms with van der Waals surface area (Å²) in [6.07, 6.45) is 3.02. The summed E-state index contributed by atoms with van der Waals surface area (Å²) in [6, 6.07) is 20.0. The van der Waals surface area contributed by atoms with Crippen LogP contribution in [0.4, 0.5) is 0 Å². The van der Waals surface area contributed by atoms with E-state index in [-0.39, 0.29) is 6.10 Å². The van der Waals surface area contributed by atoms with Crippen molar-refractivity contribution in [1.29, 1.82) is 0 Å². The highest BCUT2D eigenvalue weighted by molar-refractivity contribution is 6.35. The predicted octanol–water partition coefficient (Wildman–Crippen LogP) is 5.70. The highest BCUT2D eigenvalue weighted by Crippen LogP contribution is 2.27. The molecule has 0 N–H and O–H groups in total. The molecule has 0 aliphatic carbocycles. The fourth-order valence-electron chi connectivity index (χ4n) is 2.99. The Hall–Kier alpha value is -2.40. The molecule has 4 nitrogen and oxygen atoms in total. The molecule has 0 radical (unpaired) electrons. The molecule has 3 aromatic carbocycles. The minimum atomic E-state index is -0.192. The van der Waals surface area contributed by atoms with E-state index in [4.69, 9.17) is 27.9 Å². The van der Waals surface area contributed by atoms with Gasteiger partial charge in [0.25, 0.3) is 0 Å². The molecule has 1 atom stereocenters. The summed E-state index contributed by atoms with van der Waals surface area (Å²) in [5, 5.41) is 7.79. The van der Waals surface area contributed by atoms with E-state index >= 15 is 0 Å². The van der Waals surface area contributed by atoms with Gasteiger partial charge >= 0.3 is 0 Å². The average molecular weight is 398 g/mol. The first-order chi connectivity index (χ1) is 13.2. The van der Waals surface area contributed by atoms with E-state index in [1.165, 1.54) is 17.1 Å². The Bertz CT molecular complexity index is 1050. The Morgan fingerprint density at radius 2 is 1.81 bits per heavy atom. The average Bonchev–Trinajstić information content (AvgIpc) is 3.19. The van der Waals surface area contributed by atoms with Crippen molar-refractivity contribution in [1.82, 2.24) is 14.8 Å². The molecule has 0 aliphatic heterocycles. The number of aromatic nitrogens is 3. The fourth-order valence-corrected chi connectivity index (χ4v) is 3.45. The number of hydrogen-bond donors (Lipinski definition) is 0. The van der Waals surface area contributed by atoms with Crippen LogP contribution >= 0.6 is 23.2 Å². The zero-order valence-corrected chi connectivity index (χ0v) is 15.9. The minimum absolute atomic E-state index is 0.192. The van der Waals surface area contributed by atoms with Gasteiger partial charge in [-0.25, -0.2) is 4.98 Å². The van der Waals surface area contributed by atoms with E-state index < -0.39 is 0 Å². The topological polar surface area (TPSA) is 39.9 Å². The van der Waals surface area contributed by atoms with Gasteiger partial charge in [-0.05, 0) is 40.1 Å². The summed E-state index contributed by atoms with van der Waals surface area (Å²) in [4.78, 5) is 4.02. The summed E-state index contributed by atoms with van der Waals surface area (Å²) < 4.78 is 8.01. The lowest BCUT2D eigenvalue weighted by Gasteiger charge is -2.19. The smallest absolute Gasteiger partial charge is 0.137 e. The van der Waals surface area contributed by atoms with Gasteiger partial charge in [0, 0.05) is 10.0 Å². The lowest BCUT2D eigenvalue weighted by Crippen LogP contribution is -2.13. The molecule has 0 amide bonds. The van der Waals surface area contributed by atoms with Gasteiger partial charge in [-0.15, -0.1) is 0 Å². The van der Waals surface area contributed by atoms with E-state index in [0.29, 0.717) is 23.2 Å². The van der Waals surface area contributed by atoms with Crippen molar-refractivity contribution in [3.05, 3.63) is 94.5 Å². The normalized spacial score (nSPS) is 12.4. The molecule has 27 heavy (non-hydrogen) atoms. The Morgan fingerprint density at radius 3 is 2.59 bits per heavy atom. The van der Waals surface area contributed by atoms with Gasteiger partial charge in [0.2, 0.25) is 0 Å². The van der Waals surface area contributed by atoms with Crippen LogP contribution in [-0.4, -0.2) is 14.8 Å². The summed E-state index contributed by atoms with van der Waals surface area (Å²) in [5.41, 5.74) is 1.97. The first-order valence-electron chi connectivity index (χ1n) is 8.56. The highest BCUT2D eigenvalue weighted by atomic mass is 35.5. The summed E-state index contributed by atoms with van der Waals surface area (Å²) in [5.74, 6) is 0. The Labute approximate surface area is 167 Å². The maximum Gasteiger partial charge on any atom is 0.137 e. The van der Waals surface area contributed by atoms with Gasteiger partial charge in [0.1, 0.15) is 18.8 Å². The molecule has 6 heteroatoms. The van der Waals surface area contributed by atoms with E-state index in [1.807, 2.05) is 24.3 Å². The zero-order chi connectivity index (χ0) is 18.6. The number of halogens is 2. The van der Waals surface area contributed by atoms with Gasteiger partial charge in [-0.1, -0.05) is 65.7 Å². The molecule has 4 aromatic rings. The van der Waals surface area contributed by atoms with Crippen LogP contribution in [0.15, 0.2) is 73.3 Å². The molecule has 0 spiro atoms. The van der Waals surface area contributed by atoms with Crippen LogP contribution in [0.25, 0.3) is 10.8 Å². The number of benzene rings is 3. The zero-order valence-electron chi connectivity index (χ0n) is 14.4. The van der Waals surface area contributed by atoms with Crippen LogP contribution in [0.5, 0.6) is 0 Å². The molecule has 0 bridgehead atoms. The SMILES string of the molecule is Clc1ccc(COC(Cn2cncn2)c2ccc3ccccc3c2)c(Cl)c1. The largest absolute Gasteiger partial charge is 0.367 e. The molecular weight excluding hydrogens is 381 g/mol. The second-order valence-corrected chi connectivity index (χ2v) is 7.10. The Kier molecular flexibility index (Phi) is 5.39. The van der Waals surface area contributed by atoms with Gasteiger partial charge < -0.3 is 4.74 Å². The number of hydrogen-bond acceptors (Lipinski definition) is 3. The summed E-state index contributed by atoms with van der Waals surface area (Å²) >= 11 is 12.3. The first kappa shape index (κ1) is 18.0. The molecule has 1 heterocycles. The molecule has 0 aliphatic rings. The van der Waals surface area contributed by atoms with E-state index in [1.54, 1.807) is 17.1 Å². The lowest BCUT2D eigenvalue weighted by atomic mass is 10.0. The van der Waals surface area contributed by atoms with Crippen molar-refractivity contribution >= 4 is 34.0 Å². The fraction of sp³-hybridized carbons (Fsp3) is 0.143. The molecule has 1 unspecified atom stereocenters. The van der Waals surface area contributed by atoms with E-state index in [9.17, 15) is 0 Å². The van der Waals surface area contributed by atoms with Gasteiger partial charge in [-0.3, -0.25) is 4.68 Å². The molecule has 136 valence electrons. The third-order valence-corrected chi connectivity index (χ3v) is 5.01. The quantitative estimate of drug-likeness (QED) is 0.419. The van der Waals surface area contributed by atoms with Crippen molar-refractivity contribution < 1.29 is 4.74 Å². The van der Waals surface area contributed by atoms with Crippen molar-refractivity contribution in [3.8, 4) is 0 Å². The second kappa shape index (κ2) is 8.09. The van der Waals surface area contributed by atoms with Crippen LogP contribution < -0.4 is 0 Å². The maximum absolute atomic E-state index is 6.29. The van der Waals surface area contributed by atoms with Crippen LogP contribution in [0, 0.1) is 0 Å². The molecule has 4 rings (SSSR count). The third-order valence-electron chi connectivity index (χ3n) is 4.42. The van der Waals surface area contributed by atoms with Crippen molar-refractivity contribution in [2.24, 2.45) is 0 Å². The van der Waals surface area contributed by atoms with Crippen LogP contribution in [0.1, 0.15) is 17.2 Å². The Morgan fingerprint density at radius 1 is 0.963 bits per heavy atom. The van der Waals surface area contributed by atoms with Gasteiger partial charge in [0.05, 0.1) is 13.2 Å². The van der Waals surface area contributed by atoms with E-state index in [0.717, 1.165) is 11.1 Å². The van der Waals surface area contributed by atoms with E-state index in [2.05, 4.69) is 40.4 Å². The molecule has 0 fully saturated rings. The molecule has 0 saturated heterocycles. The van der Waals surface area contributed by atoms with Crippen LogP contribution in [0.2, 0.25) is 10.0 Å². The van der Waals surface area contributed by atoms with Gasteiger partial charge in [0.15, 0.2) is 0 Å².